The van der Waals surface area contributed by atoms with E-state index in [4.69, 9.17) is 4.99 Å². The van der Waals surface area contributed by atoms with Gasteiger partial charge in [-0.15, -0.1) is 0 Å². The SMILES string of the molecule is CCCCCCCCN=CN1CCC(C2c3ccccc3-c3ccccc32)CC1. The Morgan fingerprint density at radius 2 is 1.41 bits per heavy atom. The molecule has 0 saturated carbocycles. The van der Waals surface area contributed by atoms with Gasteiger partial charge in [0.1, 0.15) is 0 Å². The highest BCUT2D eigenvalue weighted by atomic mass is 15.1. The third-order valence-electron chi connectivity index (χ3n) is 6.81. The first-order valence-electron chi connectivity index (χ1n) is 11.8. The van der Waals surface area contributed by atoms with E-state index in [1.165, 1.54) is 62.5 Å². The molecule has 0 amide bonds. The first-order chi connectivity index (χ1) is 14.4. The maximum absolute atomic E-state index is 4.71. The zero-order chi connectivity index (χ0) is 19.9. The normalized spacial score (nSPS) is 17.1. The number of hydrogen-bond acceptors (Lipinski definition) is 1. The number of benzene rings is 2. The summed E-state index contributed by atoms with van der Waals surface area (Å²) in [6, 6.07) is 18.1. The van der Waals surface area contributed by atoms with Crippen LogP contribution in [-0.4, -0.2) is 30.9 Å². The summed E-state index contributed by atoms with van der Waals surface area (Å²) in [6.45, 7) is 5.56. The highest BCUT2D eigenvalue weighted by molar-refractivity contribution is 5.78. The molecule has 0 unspecified atom stereocenters. The lowest BCUT2D eigenvalue weighted by Gasteiger charge is -2.34. The van der Waals surface area contributed by atoms with E-state index in [1.807, 2.05) is 0 Å². The number of rotatable bonds is 9. The number of nitrogens with zero attached hydrogens (tertiary/aromatic N) is 2. The van der Waals surface area contributed by atoms with E-state index in [-0.39, 0.29) is 0 Å². The van der Waals surface area contributed by atoms with E-state index in [2.05, 4.69) is 66.7 Å². The molecule has 2 nitrogen and oxygen atoms in total. The van der Waals surface area contributed by atoms with Gasteiger partial charge in [0, 0.05) is 25.6 Å². The molecule has 154 valence electrons. The Hall–Kier alpha value is -2.09. The van der Waals surface area contributed by atoms with Crippen LogP contribution >= 0.6 is 0 Å². The lowest BCUT2D eigenvalue weighted by Crippen LogP contribution is -2.34. The monoisotopic (exact) mass is 388 g/mol. The molecule has 2 aliphatic rings. The minimum Gasteiger partial charge on any atom is -0.363 e. The molecule has 1 aliphatic heterocycles. The smallest absolute Gasteiger partial charge is 0.0849 e. The lowest BCUT2D eigenvalue weighted by molar-refractivity contribution is 0.255. The topological polar surface area (TPSA) is 15.6 Å². The van der Waals surface area contributed by atoms with Crippen LogP contribution in [0.1, 0.15) is 75.3 Å². The molecule has 0 aromatic heterocycles. The second-order valence-electron chi connectivity index (χ2n) is 8.81. The van der Waals surface area contributed by atoms with Crippen LogP contribution < -0.4 is 0 Å². The Morgan fingerprint density at radius 3 is 2.07 bits per heavy atom. The van der Waals surface area contributed by atoms with Gasteiger partial charge < -0.3 is 4.90 Å². The van der Waals surface area contributed by atoms with E-state index in [0.717, 1.165) is 25.6 Å². The second kappa shape index (κ2) is 10.1. The first-order valence-corrected chi connectivity index (χ1v) is 11.8. The van der Waals surface area contributed by atoms with Crippen molar-refractivity contribution in [1.82, 2.24) is 4.90 Å². The minimum atomic E-state index is 0.574. The fraction of sp³-hybridized carbons (Fsp3) is 0.519. The van der Waals surface area contributed by atoms with Gasteiger partial charge >= 0.3 is 0 Å². The molecular weight excluding hydrogens is 352 g/mol. The molecule has 29 heavy (non-hydrogen) atoms. The van der Waals surface area contributed by atoms with Gasteiger partial charge in [-0.1, -0.05) is 87.6 Å². The van der Waals surface area contributed by atoms with Gasteiger partial charge in [0.25, 0.3) is 0 Å². The second-order valence-corrected chi connectivity index (χ2v) is 8.81. The minimum absolute atomic E-state index is 0.574. The molecule has 0 N–H and O–H groups in total. The fourth-order valence-corrected chi connectivity index (χ4v) is 5.23. The molecule has 0 atom stereocenters. The maximum Gasteiger partial charge on any atom is 0.0849 e. The van der Waals surface area contributed by atoms with Gasteiger partial charge in [0.05, 0.1) is 6.34 Å². The van der Waals surface area contributed by atoms with Crippen LogP contribution in [0.2, 0.25) is 0 Å². The first kappa shape index (κ1) is 20.2. The molecule has 1 fully saturated rings. The third-order valence-corrected chi connectivity index (χ3v) is 6.81. The van der Waals surface area contributed by atoms with E-state index in [9.17, 15) is 0 Å². The maximum atomic E-state index is 4.71. The summed E-state index contributed by atoms with van der Waals surface area (Å²) in [7, 11) is 0. The summed E-state index contributed by atoms with van der Waals surface area (Å²) in [5.41, 5.74) is 6.00. The summed E-state index contributed by atoms with van der Waals surface area (Å²) in [5, 5.41) is 0. The van der Waals surface area contributed by atoms with Gasteiger partial charge in [-0.25, -0.2) is 0 Å². The Labute approximate surface area is 177 Å². The van der Waals surface area contributed by atoms with Gasteiger partial charge in [-0.3, -0.25) is 4.99 Å². The predicted molar refractivity (Wildman–Crippen MR) is 125 cm³/mol. The quantitative estimate of drug-likeness (QED) is 0.259. The van der Waals surface area contributed by atoms with Gasteiger partial charge in [0.15, 0.2) is 0 Å². The van der Waals surface area contributed by atoms with Gasteiger partial charge in [-0.05, 0) is 47.4 Å². The zero-order valence-electron chi connectivity index (χ0n) is 18.0. The number of piperidine rings is 1. The highest BCUT2D eigenvalue weighted by Gasteiger charge is 2.35. The number of unbranched alkanes of at least 4 members (excludes halogenated alkanes) is 5. The summed E-state index contributed by atoms with van der Waals surface area (Å²) in [5.74, 6) is 1.31. The third kappa shape index (κ3) is 4.74. The van der Waals surface area contributed by atoms with Crippen molar-refractivity contribution in [3.63, 3.8) is 0 Å². The molecule has 1 aliphatic carbocycles. The summed E-state index contributed by atoms with van der Waals surface area (Å²) < 4.78 is 0. The molecule has 0 spiro atoms. The highest BCUT2D eigenvalue weighted by Crippen LogP contribution is 2.50. The molecule has 2 heteroatoms. The van der Waals surface area contributed by atoms with Crippen LogP contribution in [0.15, 0.2) is 53.5 Å². The van der Waals surface area contributed by atoms with Crippen molar-refractivity contribution >= 4 is 6.34 Å². The van der Waals surface area contributed by atoms with E-state index < -0.39 is 0 Å². The number of fused-ring (bicyclic) bond motifs is 3. The zero-order valence-corrected chi connectivity index (χ0v) is 18.0. The van der Waals surface area contributed by atoms with Gasteiger partial charge in [0.2, 0.25) is 0 Å². The standard InChI is InChI=1S/C27H36N2/c1-2-3-4-5-6-11-18-28-21-29-19-16-22(17-20-29)27-25-14-9-7-12-23(25)24-13-8-10-15-26(24)27/h7-10,12-15,21-22,27H,2-6,11,16-20H2,1H3. The number of likely N-dealkylation sites (tertiary alicyclic amines) is 1. The van der Waals surface area contributed by atoms with Crippen LogP contribution in [0.3, 0.4) is 0 Å². The average Bonchev–Trinajstić information content (AvgIpc) is 3.11. The Balaban J connectivity index is 1.29. The van der Waals surface area contributed by atoms with Crippen molar-refractivity contribution in [1.29, 1.82) is 0 Å². The van der Waals surface area contributed by atoms with E-state index in [1.54, 1.807) is 11.1 Å². The van der Waals surface area contributed by atoms with Crippen molar-refractivity contribution < 1.29 is 0 Å². The van der Waals surface area contributed by atoms with Crippen LogP contribution in [0.4, 0.5) is 0 Å². The van der Waals surface area contributed by atoms with Gasteiger partial charge in [-0.2, -0.15) is 0 Å². The predicted octanol–water partition coefficient (Wildman–Crippen LogP) is 6.90. The van der Waals surface area contributed by atoms with Crippen LogP contribution in [0.25, 0.3) is 11.1 Å². The van der Waals surface area contributed by atoms with Crippen molar-refractivity contribution in [2.24, 2.45) is 10.9 Å². The van der Waals surface area contributed by atoms with E-state index in [0.29, 0.717) is 5.92 Å². The molecule has 2 aromatic rings. The summed E-state index contributed by atoms with van der Waals surface area (Å²) in [6.07, 6.45) is 12.7. The van der Waals surface area contributed by atoms with E-state index >= 15 is 0 Å². The van der Waals surface area contributed by atoms with Crippen LogP contribution in [0.5, 0.6) is 0 Å². The Bertz CT molecular complexity index is 756. The molecule has 1 heterocycles. The largest absolute Gasteiger partial charge is 0.363 e. The van der Waals surface area contributed by atoms with Crippen molar-refractivity contribution in [2.75, 3.05) is 19.6 Å². The average molecular weight is 389 g/mol. The van der Waals surface area contributed by atoms with Crippen molar-refractivity contribution in [2.45, 2.75) is 64.2 Å². The molecule has 4 rings (SSSR count). The fourth-order valence-electron chi connectivity index (χ4n) is 5.23. The summed E-state index contributed by atoms with van der Waals surface area (Å²) >= 11 is 0. The summed E-state index contributed by atoms with van der Waals surface area (Å²) in [4.78, 5) is 7.15. The number of hydrogen-bond donors (Lipinski definition) is 0. The van der Waals surface area contributed by atoms with Crippen molar-refractivity contribution in [3.8, 4) is 11.1 Å². The number of aliphatic imine (C=N–C) groups is 1. The van der Waals surface area contributed by atoms with Crippen LogP contribution in [-0.2, 0) is 0 Å². The van der Waals surface area contributed by atoms with Crippen molar-refractivity contribution in [3.05, 3.63) is 59.7 Å². The molecule has 0 bridgehead atoms. The van der Waals surface area contributed by atoms with Crippen LogP contribution in [0, 0.1) is 5.92 Å². The Kier molecular flexibility index (Phi) is 7.03. The molecule has 2 aromatic carbocycles. The lowest BCUT2D eigenvalue weighted by atomic mass is 9.79. The Morgan fingerprint density at radius 1 is 0.828 bits per heavy atom. The molecular formula is C27H36N2. The molecule has 1 saturated heterocycles. The molecule has 0 radical (unpaired) electrons.